The van der Waals surface area contributed by atoms with Crippen molar-refractivity contribution in [2.75, 3.05) is 12.9 Å². The fourth-order valence-corrected chi connectivity index (χ4v) is 4.20. The third-order valence-corrected chi connectivity index (χ3v) is 6.43. The molecule has 1 aromatic heterocycles. The molecule has 0 aliphatic carbocycles. The molecule has 3 aromatic rings. The lowest BCUT2D eigenvalue weighted by Gasteiger charge is -2.10. The number of nitrogens with zero attached hydrogens (tertiary/aromatic N) is 2. The molecule has 3 rings (SSSR count). The quantitative estimate of drug-likeness (QED) is 0.331. The van der Waals surface area contributed by atoms with Crippen LogP contribution in [0.4, 0.5) is 0 Å². The molecule has 0 saturated carbocycles. The van der Waals surface area contributed by atoms with Crippen molar-refractivity contribution in [1.82, 2.24) is 9.99 Å². The van der Waals surface area contributed by atoms with Crippen LogP contribution in [0.3, 0.4) is 0 Å². The van der Waals surface area contributed by atoms with Crippen molar-refractivity contribution in [3.63, 3.8) is 0 Å². The maximum Gasteiger partial charge on any atom is 0.250 e. The number of carbonyl (C=O) groups excluding carboxylic acids is 1. The topological polar surface area (TPSA) is 55.6 Å². The SMILES string of the molecule is COc1ccc(CSCC(=O)N/N=C\c2cc(C)n(-c3ccc(Cl)c(Cl)c3)c2C)cc1. The van der Waals surface area contributed by atoms with Gasteiger partial charge in [-0.15, -0.1) is 11.8 Å². The van der Waals surface area contributed by atoms with E-state index in [1.54, 1.807) is 19.4 Å². The van der Waals surface area contributed by atoms with Crippen LogP contribution in [0.2, 0.25) is 10.0 Å². The monoisotopic (exact) mass is 475 g/mol. The minimum Gasteiger partial charge on any atom is -0.497 e. The highest BCUT2D eigenvalue weighted by molar-refractivity contribution is 7.99. The smallest absolute Gasteiger partial charge is 0.250 e. The number of aryl methyl sites for hydroxylation is 1. The molecule has 0 atom stereocenters. The molecule has 0 saturated heterocycles. The summed E-state index contributed by atoms with van der Waals surface area (Å²) in [5.74, 6) is 1.74. The van der Waals surface area contributed by atoms with Gasteiger partial charge in [0.1, 0.15) is 5.75 Å². The summed E-state index contributed by atoms with van der Waals surface area (Å²) in [6, 6.07) is 15.3. The van der Waals surface area contributed by atoms with E-state index < -0.39 is 0 Å². The van der Waals surface area contributed by atoms with Crippen LogP contribution >= 0.6 is 35.0 Å². The molecule has 2 aromatic carbocycles. The fraction of sp³-hybridized carbons (Fsp3) is 0.217. The van der Waals surface area contributed by atoms with E-state index in [-0.39, 0.29) is 5.91 Å². The second-order valence-electron chi connectivity index (χ2n) is 6.89. The number of benzene rings is 2. The Morgan fingerprint density at radius 2 is 1.87 bits per heavy atom. The Morgan fingerprint density at radius 1 is 1.13 bits per heavy atom. The number of hydrazone groups is 1. The van der Waals surface area contributed by atoms with E-state index in [9.17, 15) is 4.79 Å². The molecule has 0 aliphatic heterocycles. The lowest BCUT2D eigenvalue weighted by Crippen LogP contribution is -2.19. The van der Waals surface area contributed by atoms with Crippen LogP contribution in [0.25, 0.3) is 5.69 Å². The third-order valence-electron chi connectivity index (χ3n) is 4.69. The fourth-order valence-electron chi connectivity index (χ4n) is 3.13. The molecule has 5 nitrogen and oxygen atoms in total. The van der Waals surface area contributed by atoms with Gasteiger partial charge in [-0.3, -0.25) is 4.79 Å². The Kier molecular flexibility index (Phi) is 8.07. The maximum absolute atomic E-state index is 12.1. The summed E-state index contributed by atoms with van der Waals surface area (Å²) in [5, 5.41) is 5.13. The number of ether oxygens (including phenoxy) is 1. The average Bonchev–Trinajstić information content (AvgIpc) is 3.04. The third kappa shape index (κ3) is 6.06. The molecule has 1 N–H and O–H groups in total. The minimum atomic E-state index is -0.145. The molecular weight excluding hydrogens is 453 g/mol. The Hall–Kier alpha value is -2.41. The summed E-state index contributed by atoms with van der Waals surface area (Å²) in [6.07, 6.45) is 1.66. The predicted molar refractivity (Wildman–Crippen MR) is 130 cm³/mol. The molecule has 1 amide bonds. The largest absolute Gasteiger partial charge is 0.497 e. The summed E-state index contributed by atoms with van der Waals surface area (Å²) >= 11 is 13.7. The zero-order valence-corrected chi connectivity index (χ0v) is 19.8. The normalized spacial score (nSPS) is 11.1. The molecule has 0 fully saturated rings. The highest BCUT2D eigenvalue weighted by atomic mass is 35.5. The van der Waals surface area contributed by atoms with Crippen LogP contribution in [-0.4, -0.2) is 29.6 Å². The minimum absolute atomic E-state index is 0.145. The van der Waals surface area contributed by atoms with E-state index >= 15 is 0 Å². The van der Waals surface area contributed by atoms with Crippen molar-refractivity contribution in [1.29, 1.82) is 0 Å². The van der Waals surface area contributed by atoms with Gasteiger partial charge < -0.3 is 9.30 Å². The number of methoxy groups -OCH3 is 1. The van der Waals surface area contributed by atoms with Crippen molar-refractivity contribution >= 4 is 47.1 Å². The number of hydrogen-bond acceptors (Lipinski definition) is 4. The van der Waals surface area contributed by atoms with Crippen molar-refractivity contribution in [2.45, 2.75) is 19.6 Å². The number of nitrogens with one attached hydrogen (secondary N) is 1. The Bertz CT molecular complexity index is 1090. The van der Waals surface area contributed by atoms with Gasteiger partial charge in [-0.1, -0.05) is 35.3 Å². The van der Waals surface area contributed by atoms with Crippen molar-refractivity contribution in [3.8, 4) is 11.4 Å². The van der Waals surface area contributed by atoms with Crippen LogP contribution in [0.5, 0.6) is 5.75 Å². The first-order chi connectivity index (χ1) is 14.9. The number of halogens is 2. The molecule has 31 heavy (non-hydrogen) atoms. The van der Waals surface area contributed by atoms with Crippen LogP contribution in [0.15, 0.2) is 53.6 Å². The maximum atomic E-state index is 12.1. The second-order valence-corrected chi connectivity index (χ2v) is 8.69. The van der Waals surface area contributed by atoms with Crippen LogP contribution in [-0.2, 0) is 10.5 Å². The van der Waals surface area contributed by atoms with Gasteiger partial charge in [-0.05, 0) is 55.8 Å². The molecule has 0 radical (unpaired) electrons. The van der Waals surface area contributed by atoms with Gasteiger partial charge in [0.25, 0.3) is 0 Å². The highest BCUT2D eigenvalue weighted by Crippen LogP contribution is 2.27. The van der Waals surface area contributed by atoms with Gasteiger partial charge in [-0.25, -0.2) is 5.43 Å². The molecule has 0 bridgehead atoms. The van der Waals surface area contributed by atoms with E-state index in [1.165, 1.54) is 11.8 Å². The van der Waals surface area contributed by atoms with E-state index in [0.29, 0.717) is 15.8 Å². The molecular formula is C23H23Cl2N3O2S. The molecule has 0 aliphatic rings. The Balaban J connectivity index is 1.55. The van der Waals surface area contributed by atoms with E-state index in [4.69, 9.17) is 27.9 Å². The standard InChI is InChI=1S/C23H23Cl2N3O2S/c1-15-10-18(16(2)28(15)19-6-9-21(24)22(25)11-19)12-26-27-23(29)14-31-13-17-4-7-20(30-3)8-5-17/h4-12H,13-14H2,1-3H3,(H,27,29)/b26-12-. The Morgan fingerprint density at radius 3 is 2.55 bits per heavy atom. The van der Waals surface area contributed by atoms with Crippen molar-refractivity contribution in [2.24, 2.45) is 5.10 Å². The van der Waals surface area contributed by atoms with Gasteiger partial charge in [0.05, 0.1) is 29.1 Å². The average molecular weight is 476 g/mol. The number of amides is 1. The van der Waals surface area contributed by atoms with Crippen LogP contribution in [0.1, 0.15) is 22.5 Å². The van der Waals surface area contributed by atoms with E-state index in [1.807, 2.05) is 56.3 Å². The number of thioether (sulfide) groups is 1. The van der Waals surface area contributed by atoms with Gasteiger partial charge in [0, 0.05) is 28.4 Å². The lowest BCUT2D eigenvalue weighted by molar-refractivity contribution is -0.118. The summed E-state index contributed by atoms with van der Waals surface area (Å²) in [5.41, 5.74) is 7.57. The first-order valence-electron chi connectivity index (χ1n) is 9.56. The summed E-state index contributed by atoms with van der Waals surface area (Å²) in [6.45, 7) is 3.99. The van der Waals surface area contributed by atoms with Crippen LogP contribution in [0, 0.1) is 13.8 Å². The second kappa shape index (κ2) is 10.8. The molecule has 162 valence electrons. The van der Waals surface area contributed by atoms with Gasteiger partial charge in [0.2, 0.25) is 5.91 Å². The summed E-state index contributed by atoms with van der Waals surface area (Å²) in [7, 11) is 1.64. The van der Waals surface area contributed by atoms with Crippen molar-refractivity contribution in [3.05, 3.63) is 81.1 Å². The number of carbonyl (C=O) groups is 1. The first kappa shape index (κ1) is 23.3. The Labute approximate surface area is 196 Å². The van der Waals surface area contributed by atoms with E-state index in [0.717, 1.165) is 39.7 Å². The molecule has 1 heterocycles. The van der Waals surface area contributed by atoms with Gasteiger partial charge in [0.15, 0.2) is 0 Å². The highest BCUT2D eigenvalue weighted by Gasteiger charge is 2.11. The van der Waals surface area contributed by atoms with E-state index in [2.05, 4.69) is 15.1 Å². The number of rotatable bonds is 8. The molecule has 8 heteroatoms. The lowest BCUT2D eigenvalue weighted by atomic mass is 10.2. The first-order valence-corrected chi connectivity index (χ1v) is 11.5. The van der Waals surface area contributed by atoms with Crippen molar-refractivity contribution < 1.29 is 9.53 Å². The molecule has 0 spiro atoms. The summed E-state index contributed by atoms with van der Waals surface area (Å²) < 4.78 is 7.21. The number of hydrogen-bond donors (Lipinski definition) is 1. The molecule has 0 unspecified atom stereocenters. The van der Waals surface area contributed by atoms with Gasteiger partial charge >= 0.3 is 0 Å². The zero-order valence-electron chi connectivity index (χ0n) is 17.5. The van der Waals surface area contributed by atoms with Gasteiger partial charge in [-0.2, -0.15) is 5.10 Å². The number of aromatic nitrogens is 1. The predicted octanol–water partition coefficient (Wildman–Crippen LogP) is 5.79. The summed E-state index contributed by atoms with van der Waals surface area (Å²) in [4.78, 5) is 12.1. The van der Waals surface area contributed by atoms with Crippen LogP contribution < -0.4 is 10.2 Å². The zero-order chi connectivity index (χ0) is 22.4.